The van der Waals surface area contributed by atoms with Crippen molar-refractivity contribution >= 4 is 119 Å². The second kappa shape index (κ2) is 35.0. The molecule has 642 valence electrons. The molecule has 0 radical (unpaired) electrons. The topological polar surface area (TPSA) is 407 Å². The number of hydrogen-bond acceptors (Lipinski definition) is 23. The number of carboxylic acids is 1. The Labute approximate surface area is 713 Å². The number of carboxylic acid groups (broad SMARTS) is 1. The number of benzene rings is 3. The van der Waals surface area contributed by atoms with Gasteiger partial charge in [0.1, 0.15) is 92.2 Å². The Morgan fingerprint density at radius 3 is 1.57 bits per heavy atom. The first kappa shape index (κ1) is 88.0. The van der Waals surface area contributed by atoms with Gasteiger partial charge in [0.25, 0.3) is 10.1 Å². The molecule has 2 saturated heterocycles. The quantitative estimate of drug-likeness (QED) is 0.0197. The number of rotatable bonds is 23. The number of carbonyl (C=O) groups is 8. The van der Waals surface area contributed by atoms with Crippen molar-refractivity contribution in [3.05, 3.63) is 122 Å². The van der Waals surface area contributed by atoms with Gasteiger partial charge in [0, 0.05) is 59.2 Å². The Bertz CT molecular complexity index is 5330. The number of nitrogens with zero attached hydrogens (tertiary/aromatic N) is 7. The maximum absolute atomic E-state index is 14.6. The highest BCUT2D eigenvalue weighted by molar-refractivity contribution is 9.10. The van der Waals surface area contributed by atoms with Crippen molar-refractivity contribution in [2.45, 2.75) is 211 Å². The van der Waals surface area contributed by atoms with E-state index in [4.69, 9.17) is 60.8 Å². The molecule has 0 bridgehead atoms. The molecular formula is C85H101BrCl2N12O19S. The van der Waals surface area contributed by atoms with Gasteiger partial charge in [0.05, 0.1) is 85.1 Å². The molecule has 35 heteroatoms. The molecule has 3 aromatic carbocycles. The third-order valence-electron chi connectivity index (χ3n) is 24.1. The van der Waals surface area contributed by atoms with Gasteiger partial charge in [-0.15, -0.1) is 0 Å². The van der Waals surface area contributed by atoms with Crippen LogP contribution in [0.15, 0.2) is 99.6 Å². The number of alkyl carbamates (subject to hydrolysis) is 2. The molecule has 8 aliphatic rings. The highest BCUT2D eigenvalue weighted by Crippen LogP contribution is 2.54. The van der Waals surface area contributed by atoms with E-state index in [2.05, 4.69) is 62.1 Å². The van der Waals surface area contributed by atoms with Gasteiger partial charge in [-0.05, 0) is 160 Å². The van der Waals surface area contributed by atoms with Crippen LogP contribution in [0.5, 0.6) is 17.2 Å². The van der Waals surface area contributed by atoms with Gasteiger partial charge in [0.2, 0.25) is 23.6 Å². The molecule has 6 saturated carbocycles. The second-order valence-corrected chi connectivity index (χ2v) is 38.0. The number of esters is 1. The molecule has 8 fully saturated rings. The van der Waals surface area contributed by atoms with Crippen LogP contribution < -0.4 is 40.9 Å². The predicted octanol–water partition coefficient (Wildman–Crippen LogP) is 11.8. The molecular weight excluding hydrogens is 1680 g/mol. The number of methoxy groups -OCH3 is 3. The summed E-state index contributed by atoms with van der Waals surface area (Å²) in [4.78, 5) is 148. The number of halogens is 3. The fourth-order valence-electron chi connectivity index (χ4n) is 17.2. The summed E-state index contributed by atoms with van der Waals surface area (Å²) in [5.41, 5.74) is 0.111. The van der Waals surface area contributed by atoms with E-state index >= 15 is 0 Å². The zero-order valence-electron chi connectivity index (χ0n) is 69.0. The molecule has 120 heavy (non-hydrogen) atoms. The minimum atomic E-state index is -4.25. The van der Waals surface area contributed by atoms with E-state index in [1.807, 2.05) is 48.5 Å². The Balaban J connectivity index is 0.000000169. The van der Waals surface area contributed by atoms with Crippen LogP contribution in [-0.4, -0.2) is 195 Å². The molecule has 7 aromatic rings. The van der Waals surface area contributed by atoms with Gasteiger partial charge in [-0.2, -0.15) is 8.42 Å². The Morgan fingerprint density at radius 1 is 0.600 bits per heavy atom. The predicted molar refractivity (Wildman–Crippen MR) is 445 cm³/mol. The van der Waals surface area contributed by atoms with Crippen LogP contribution in [0, 0.1) is 60.2 Å². The van der Waals surface area contributed by atoms with E-state index in [0.717, 1.165) is 31.4 Å². The second-order valence-electron chi connectivity index (χ2n) is 34.7. The standard InChI is InChI=1S/C39H47ClN6O8.C31H42BrN3O9S.C15H12ClN3O2/c1-7-22-15-39(22,36(49)50)45-34(47)28-13-24(18-46(28)35(48)33(38(3,4)5)44-37(51)54-23-11-20-10-21(20)12-23)53-30-14-26(27-17-41-16-19(2)42-27)43-32-25(30)8-9-29(52-6)31(32)40;1-6-19-15-31(19,28(38)42-5)34-26(36)24-14-22(44-45(40,41)23-9-7-20(32)8-10-23)16-35(24)27(37)25(30(2,3)4)33-29(39)43-21-12-17-11-18(17)13-21;1-8-6-17-7-11(18-8)10-5-12(20)9-3-4-13(21-2)14(16)15(9)19-10/h8-9,14,16-17,20-24,28,33H,7,10-13,15,18H2,1-6H3,(H,44,51)(H,45,47)(H,49,50);7-10,17-19,21-22,24-25H,6,11-16H2,1-5H3,(H,33,39)(H,34,36);3-7H,1-2H3,(H,19,20)/t20-,21+,22-,23?,24-,28+,33-,39-;17-,18+,19-,21?,22+,24+,25-,31-;/m11./s1. The normalized spacial score (nSPS) is 25.9. The number of pyridine rings is 2. The average molecular weight is 1780 g/mol. The van der Waals surface area contributed by atoms with Crippen LogP contribution >= 0.6 is 39.1 Å². The highest BCUT2D eigenvalue weighted by Gasteiger charge is 2.64. The number of nitrogens with one attached hydrogen (secondary N) is 5. The molecule has 6 aliphatic carbocycles. The summed E-state index contributed by atoms with van der Waals surface area (Å²) in [6.45, 7) is 18.0. The van der Waals surface area contributed by atoms with E-state index in [9.17, 15) is 56.7 Å². The SMILES string of the molecule is CC[C@@H]1C[C@]1(NC(=O)[C@@H]1C[C@@H](Oc2cc(-c3cncc(C)n3)nc3c(Cl)c(OC)ccc23)CN1C(=O)[C@@H](NC(=O)OC1C[C@@H]2C[C@@H]2C1)C(C)(C)C)C(=O)O.CC[C@@H]1C[C@]1(NC(=O)[C@@H]1C[C@H](OS(=O)(=O)c2ccc(Br)cc2)CN1C(=O)[C@@H](NC(=O)OC1C[C@@H]2C[C@@H]2C1)C(C)(C)C)C(=O)OC.COc1ccc2c(=O)cc(-c3cncc(C)n3)[nH]c2c1Cl. The molecule has 2 aliphatic heterocycles. The van der Waals surface area contributed by atoms with Crippen LogP contribution in [0.25, 0.3) is 44.6 Å². The maximum Gasteiger partial charge on any atom is 0.408 e. The summed E-state index contributed by atoms with van der Waals surface area (Å²) in [6, 6.07) is 11.5. The van der Waals surface area contributed by atoms with Crippen molar-refractivity contribution in [2.24, 2.45) is 46.3 Å². The summed E-state index contributed by atoms with van der Waals surface area (Å²) >= 11 is 16.3. The number of aromatic amines is 1. The van der Waals surface area contributed by atoms with Gasteiger partial charge in [-0.25, -0.2) is 34.1 Å². The van der Waals surface area contributed by atoms with Gasteiger partial charge in [-0.3, -0.25) is 38.1 Å². The van der Waals surface area contributed by atoms with Gasteiger partial charge in [-0.1, -0.05) is 107 Å². The van der Waals surface area contributed by atoms with Crippen molar-refractivity contribution in [2.75, 3.05) is 34.4 Å². The molecule has 6 amide bonds. The van der Waals surface area contributed by atoms with E-state index in [1.54, 1.807) is 88.0 Å². The Kier molecular flexibility index (Phi) is 25.6. The first-order valence-corrected chi connectivity index (χ1v) is 43.3. The zero-order valence-corrected chi connectivity index (χ0v) is 72.9. The number of ether oxygens (including phenoxy) is 6. The first-order valence-electron chi connectivity index (χ1n) is 40.3. The van der Waals surface area contributed by atoms with Gasteiger partial charge in [0.15, 0.2) is 5.43 Å². The lowest BCUT2D eigenvalue weighted by atomic mass is 9.85. The fraction of sp³-hybridized carbons (Fsp3) is 0.529. The zero-order chi connectivity index (χ0) is 86.6. The number of amides is 6. The monoisotopic (exact) mass is 1770 g/mol. The molecule has 0 spiro atoms. The summed E-state index contributed by atoms with van der Waals surface area (Å²) in [6.07, 6.45) is 10.3. The summed E-state index contributed by atoms with van der Waals surface area (Å²) < 4.78 is 66.2. The van der Waals surface area contributed by atoms with Crippen molar-refractivity contribution in [1.82, 2.24) is 61.0 Å². The van der Waals surface area contributed by atoms with Crippen LogP contribution in [0.4, 0.5) is 9.59 Å². The highest BCUT2D eigenvalue weighted by atomic mass is 79.9. The third-order valence-corrected chi connectivity index (χ3v) is 26.8. The maximum atomic E-state index is 14.6. The number of carbonyl (C=O) groups excluding carboxylic acids is 7. The van der Waals surface area contributed by atoms with Crippen molar-refractivity contribution in [3.8, 4) is 40.0 Å². The molecule has 4 aromatic heterocycles. The molecule has 15 rings (SSSR count). The van der Waals surface area contributed by atoms with Crippen LogP contribution in [0.3, 0.4) is 0 Å². The van der Waals surface area contributed by atoms with Crippen molar-refractivity contribution in [1.29, 1.82) is 0 Å². The lowest BCUT2D eigenvalue weighted by Gasteiger charge is -2.35. The van der Waals surface area contributed by atoms with E-state index in [1.165, 1.54) is 62.2 Å². The largest absolute Gasteiger partial charge is 0.495 e. The number of hydrogen-bond donors (Lipinski definition) is 6. The smallest absolute Gasteiger partial charge is 0.408 e. The van der Waals surface area contributed by atoms with E-state index < -0.39 is 116 Å². The third kappa shape index (κ3) is 19.1. The molecule has 6 heterocycles. The lowest BCUT2D eigenvalue weighted by molar-refractivity contribution is -0.148. The van der Waals surface area contributed by atoms with Crippen LogP contribution in [0.1, 0.15) is 144 Å². The molecule has 6 N–H and O–H groups in total. The first-order chi connectivity index (χ1) is 56.8. The number of likely N-dealkylation sites (tertiary alicyclic amines) is 2. The van der Waals surface area contributed by atoms with Crippen LogP contribution in [-0.2, 0) is 57.3 Å². The number of fused-ring (bicyclic) bond motifs is 4. The van der Waals surface area contributed by atoms with Crippen molar-refractivity contribution in [3.63, 3.8) is 0 Å². The number of aliphatic carboxylic acids is 1. The lowest BCUT2D eigenvalue weighted by Crippen LogP contribution is -2.59. The minimum absolute atomic E-state index is 0.0310. The number of aryl methyl sites for hydroxylation is 2. The Morgan fingerprint density at radius 2 is 1.08 bits per heavy atom. The number of aromatic nitrogens is 6. The molecule has 2 unspecified atom stereocenters. The Hall–Kier alpha value is -9.83. The average Bonchev–Trinajstić information content (AvgIpc) is 1.57. The number of H-pyrrole nitrogens is 1. The van der Waals surface area contributed by atoms with E-state index in [0.29, 0.717) is 126 Å². The van der Waals surface area contributed by atoms with E-state index in [-0.39, 0.29) is 65.3 Å². The molecule has 31 nitrogen and oxygen atoms in total. The summed E-state index contributed by atoms with van der Waals surface area (Å²) in [5.74, 6) is -0.677. The van der Waals surface area contributed by atoms with Crippen LogP contribution in [0.2, 0.25) is 10.0 Å². The minimum Gasteiger partial charge on any atom is -0.495 e. The van der Waals surface area contributed by atoms with Gasteiger partial charge >= 0.3 is 24.1 Å². The fourth-order valence-corrected chi connectivity index (χ4v) is 19.1. The van der Waals surface area contributed by atoms with Gasteiger partial charge < -0.3 is 69.6 Å². The summed E-state index contributed by atoms with van der Waals surface area (Å²) in [5, 5.41) is 23.0. The molecule has 16 atom stereocenters. The summed E-state index contributed by atoms with van der Waals surface area (Å²) in [7, 11) is 0.0324. The van der Waals surface area contributed by atoms with Crippen molar-refractivity contribution < 1.29 is 84.5 Å².